The van der Waals surface area contributed by atoms with Gasteiger partial charge in [-0.05, 0) is 37.1 Å². The molecule has 1 N–H and O–H groups in total. The minimum Gasteiger partial charge on any atom is -0.355 e. The van der Waals surface area contributed by atoms with Gasteiger partial charge in [0.25, 0.3) is 0 Å². The number of hydrogen-bond acceptors (Lipinski definition) is 4. The lowest BCUT2D eigenvalue weighted by atomic mass is 9.97. The second kappa shape index (κ2) is 9.13. The molecule has 3 rings (SSSR count). The molecule has 0 saturated carbocycles. The molecule has 1 fully saturated rings. The van der Waals surface area contributed by atoms with Crippen molar-refractivity contribution in [1.82, 2.24) is 14.6 Å². The number of rotatable bonds is 6. The number of carbonyl (C=O) groups is 1. The molecule has 2 heterocycles. The van der Waals surface area contributed by atoms with Crippen LogP contribution in [0.5, 0.6) is 0 Å². The van der Waals surface area contributed by atoms with Gasteiger partial charge >= 0.3 is 6.18 Å². The second-order valence-electron chi connectivity index (χ2n) is 7.03. The Kier molecular flexibility index (Phi) is 6.77. The van der Waals surface area contributed by atoms with Crippen LogP contribution in [0, 0.1) is 5.92 Å². The molecule has 1 aliphatic heterocycles. The number of carbonyl (C=O) groups excluding carboxylic acids is 1. The average molecular weight is 441 g/mol. The summed E-state index contributed by atoms with van der Waals surface area (Å²) in [7, 11) is -4.30. The van der Waals surface area contributed by atoms with Crippen LogP contribution in [0.15, 0.2) is 53.6 Å². The fourth-order valence-corrected chi connectivity index (χ4v) is 5.11. The predicted octanol–water partition coefficient (Wildman–Crippen LogP) is 2.86. The highest BCUT2D eigenvalue weighted by Gasteiger charge is 2.40. The van der Waals surface area contributed by atoms with E-state index in [-0.39, 0.29) is 37.8 Å². The molecule has 30 heavy (non-hydrogen) atoms. The molecule has 1 aromatic carbocycles. The van der Waals surface area contributed by atoms with E-state index in [0.29, 0.717) is 13.0 Å². The SMILES string of the molecule is O=C(NCCc1ccccn1)C1CCN(S(=O)(=O)c2ccccc2C(F)(F)F)CC1. The third kappa shape index (κ3) is 5.17. The number of amides is 1. The van der Waals surface area contributed by atoms with Crippen LogP contribution in [0.25, 0.3) is 0 Å². The number of alkyl halides is 3. The third-order valence-corrected chi connectivity index (χ3v) is 7.00. The molecule has 0 unspecified atom stereocenters. The Hall–Kier alpha value is -2.46. The minimum absolute atomic E-state index is 0.00709. The molecule has 0 aliphatic carbocycles. The molecule has 1 aliphatic rings. The zero-order valence-electron chi connectivity index (χ0n) is 16.1. The van der Waals surface area contributed by atoms with E-state index in [2.05, 4.69) is 10.3 Å². The summed E-state index contributed by atoms with van der Waals surface area (Å²) >= 11 is 0. The van der Waals surface area contributed by atoms with E-state index in [9.17, 15) is 26.4 Å². The summed E-state index contributed by atoms with van der Waals surface area (Å²) in [5.74, 6) is -0.559. The van der Waals surface area contributed by atoms with Crippen LogP contribution in [0.1, 0.15) is 24.1 Å². The topological polar surface area (TPSA) is 79.4 Å². The van der Waals surface area contributed by atoms with Gasteiger partial charge in [-0.1, -0.05) is 18.2 Å². The maximum atomic E-state index is 13.2. The number of sulfonamides is 1. The van der Waals surface area contributed by atoms with Crippen LogP contribution < -0.4 is 5.32 Å². The van der Waals surface area contributed by atoms with Crippen molar-refractivity contribution >= 4 is 15.9 Å². The Labute approximate surface area is 173 Å². The first-order valence-electron chi connectivity index (χ1n) is 9.53. The molecule has 0 atom stereocenters. The number of halogens is 3. The summed E-state index contributed by atoms with van der Waals surface area (Å²) in [6, 6.07) is 9.67. The Balaban J connectivity index is 1.58. The smallest absolute Gasteiger partial charge is 0.355 e. The lowest BCUT2D eigenvalue weighted by Crippen LogP contribution is -2.43. The predicted molar refractivity (Wildman–Crippen MR) is 104 cm³/mol. The summed E-state index contributed by atoms with van der Waals surface area (Å²) in [5.41, 5.74) is -0.332. The molecule has 10 heteroatoms. The van der Waals surface area contributed by atoms with E-state index in [1.807, 2.05) is 12.1 Å². The van der Waals surface area contributed by atoms with Crippen LogP contribution in [-0.2, 0) is 27.4 Å². The van der Waals surface area contributed by atoms with E-state index >= 15 is 0 Å². The first-order valence-corrected chi connectivity index (χ1v) is 11.0. The number of benzene rings is 1. The highest BCUT2D eigenvalue weighted by Crippen LogP contribution is 2.36. The van der Waals surface area contributed by atoms with Gasteiger partial charge in [0.1, 0.15) is 0 Å². The lowest BCUT2D eigenvalue weighted by Gasteiger charge is -2.31. The van der Waals surface area contributed by atoms with E-state index in [4.69, 9.17) is 0 Å². The van der Waals surface area contributed by atoms with Crippen LogP contribution in [0.2, 0.25) is 0 Å². The van der Waals surface area contributed by atoms with E-state index in [1.165, 1.54) is 6.07 Å². The van der Waals surface area contributed by atoms with E-state index < -0.39 is 26.7 Å². The molecule has 6 nitrogen and oxygen atoms in total. The molecule has 2 aromatic rings. The maximum absolute atomic E-state index is 13.2. The molecule has 0 spiro atoms. The molecule has 1 aromatic heterocycles. The standard InChI is InChI=1S/C20H22F3N3O3S/c21-20(22,23)17-6-1-2-7-18(17)30(28,29)26-13-9-15(10-14-26)19(27)25-12-8-16-5-3-4-11-24-16/h1-7,11,15H,8-10,12-14H2,(H,25,27). The van der Waals surface area contributed by atoms with Gasteiger partial charge in [-0.3, -0.25) is 9.78 Å². The first kappa shape index (κ1) is 22.2. The maximum Gasteiger partial charge on any atom is 0.417 e. The molecular formula is C20H22F3N3O3S. The van der Waals surface area contributed by atoms with Gasteiger partial charge in [0.2, 0.25) is 15.9 Å². The van der Waals surface area contributed by atoms with Crippen molar-refractivity contribution in [3.05, 3.63) is 59.9 Å². The number of aromatic nitrogens is 1. The summed E-state index contributed by atoms with van der Waals surface area (Å²) in [4.78, 5) is 15.8. The van der Waals surface area contributed by atoms with Crippen LogP contribution in [0.3, 0.4) is 0 Å². The van der Waals surface area contributed by atoms with Crippen molar-refractivity contribution in [2.24, 2.45) is 5.92 Å². The molecule has 0 radical (unpaired) electrons. The zero-order valence-corrected chi connectivity index (χ0v) is 16.9. The van der Waals surface area contributed by atoms with Gasteiger partial charge in [0.05, 0.1) is 10.5 Å². The van der Waals surface area contributed by atoms with Crippen molar-refractivity contribution in [2.45, 2.75) is 30.3 Å². The van der Waals surface area contributed by atoms with Gasteiger partial charge in [0.15, 0.2) is 0 Å². The summed E-state index contributed by atoms with van der Waals surface area (Å²) in [6.07, 6.45) is -2.01. The van der Waals surface area contributed by atoms with Crippen molar-refractivity contribution < 1.29 is 26.4 Å². The fraction of sp³-hybridized carbons (Fsp3) is 0.400. The highest BCUT2D eigenvalue weighted by atomic mass is 32.2. The largest absolute Gasteiger partial charge is 0.417 e. The summed E-state index contributed by atoms with van der Waals surface area (Å²) in [5, 5.41) is 2.82. The fourth-order valence-electron chi connectivity index (χ4n) is 3.43. The van der Waals surface area contributed by atoms with Gasteiger partial charge in [-0.2, -0.15) is 17.5 Å². The molecule has 162 valence electrons. The molecular weight excluding hydrogens is 419 g/mol. The van der Waals surface area contributed by atoms with Crippen molar-refractivity contribution in [2.75, 3.05) is 19.6 Å². The number of piperidine rings is 1. The number of nitrogens with zero attached hydrogens (tertiary/aromatic N) is 2. The normalized spacial score (nSPS) is 16.4. The van der Waals surface area contributed by atoms with Crippen LogP contribution in [0.4, 0.5) is 13.2 Å². The lowest BCUT2D eigenvalue weighted by molar-refractivity contribution is -0.139. The van der Waals surface area contributed by atoms with E-state index in [1.54, 1.807) is 12.3 Å². The monoisotopic (exact) mass is 441 g/mol. The Morgan fingerprint density at radius 2 is 1.77 bits per heavy atom. The summed E-state index contributed by atoms with van der Waals surface area (Å²) in [6.45, 7) is 0.396. The number of pyridine rings is 1. The van der Waals surface area contributed by atoms with E-state index in [0.717, 1.165) is 28.2 Å². The first-order chi connectivity index (χ1) is 14.2. The number of hydrogen-bond donors (Lipinski definition) is 1. The van der Waals surface area contributed by atoms with Gasteiger partial charge in [-0.25, -0.2) is 8.42 Å². The second-order valence-corrected chi connectivity index (χ2v) is 8.94. The third-order valence-electron chi connectivity index (χ3n) is 5.04. The number of nitrogens with one attached hydrogen (secondary N) is 1. The Morgan fingerprint density at radius 3 is 2.40 bits per heavy atom. The molecule has 0 bridgehead atoms. The zero-order chi connectivity index (χ0) is 21.8. The minimum atomic E-state index is -4.77. The van der Waals surface area contributed by atoms with Crippen molar-refractivity contribution in [3.8, 4) is 0 Å². The van der Waals surface area contributed by atoms with Crippen LogP contribution in [-0.4, -0.2) is 43.2 Å². The van der Waals surface area contributed by atoms with Gasteiger partial charge < -0.3 is 5.32 Å². The summed E-state index contributed by atoms with van der Waals surface area (Å²) < 4.78 is 66.2. The quantitative estimate of drug-likeness (QED) is 0.748. The Bertz CT molecular complexity index is 974. The van der Waals surface area contributed by atoms with Gasteiger partial charge in [-0.15, -0.1) is 0 Å². The highest BCUT2D eigenvalue weighted by molar-refractivity contribution is 7.89. The van der Waals surface area contributed by atoms with Crippen molar-refractivity contribution in [1.29, 1.82) is 0 Å². The molecule has 1 saturated heterocycles. The van der Waals surface area contributed by atoms with Gasteiger partial charge in [0, 0.05) is 43.9 Å². The Morgan fingerprint density at radius 1 is 1.10 bits per heavy atom. The average Bonchev–Trinajstić information content (AvgIpc) is 2.74. The molecule has 1 amide bonds. The van der Waals surface area contributed by atoms with Crippen molar-refractivity contribution in [3.63, 3.8) is 0 Å². The van der Waals surface area contributed by atoms with Crippen LogP contribution >= 0.6 is 0 Å².